The number of benzene rings is 1. The lowest BCUT2D eigenvalue weighted by Gasteiger charge is -2.21. The minimum atomic E-state index is -0.205. The van der Waals surface area contributed by atoms with E-state index in [1.54, 1.807) is 23.9 Å². The van der Waals surface area contributed by atoms with Gasteiger partial charge in [0.15, 0.2) is 0 Å². The summed E-state index contributed by atoms with van der Waals surface area (Å²) in [6.07, 6.45) is 4.86. The van der Waals surface area contributed by atoms with Crippen molar-refractivity contribution in [3.8, 4) is 5.75 Å². The molecule has 0 aliphatic carbocycles. The molecule has 2 heterocycles. The van der Waals surface area contributed by atoms with Crippen LogP contribution in [0.3, 0.4) is 0 Å². The maximum Gasteiger partial charge on any atom is 0.264 e. The first-order valence-electron chi connectivity index (χ1n) is 12.0. The molecule has 190 valence electrons. The molecule has 0 bridgehead atoms. The highest BCUT2D eigenvalue weighted by atomic mass is 16.5. The number of aromatic nitrogens is 3. The number of pyridine rings is 1. The molecule has 0 aliphatic rings. The summed E-state index contributed by atoms with van der Waals surface area (Å²) in [6, 6.07) is 7.60. The van der Waals surface area contributed by atoms with E-state index in [9.17, 15) is 15.0 Å². The van der Waals surface area contributed by atoms with Crippen LogP contribution < -0.4 is 21.3 Å². The molecule has 0 spiro atoms. The predicted octanol–water partition coefficient (Wildman–Crippen LogP) is 1.82. The Hall–Kier alpha value is -3.21. The number of hydrogen-bond acceptors (Lipinski definition) is 9. The number of aliphatic hydroxyl groups is 2. The zero-order valence-corrected chi connectivity index (χ0v) is 20.5. The second-order valence-corrected chi connectivity index (χ2v) is 8.44. The normalized spacial score (nSPS) is 11.3. The molecule has 35 heavy (non-hydrogen) atoms. The van der Waals surface area contributed by atoms with Crippen molar-refractivity contribution in [1.29, 1.82) is 0 Å². The van der Waals surface area contributed by atoms with Gasteiger partial charge >= 0.3 is 0 Å². The van der Waals surface area contributed by atoms with Crippen LogP contribution in [0, 0.1) is 0 Å². The Kier molecular flexibility index (Phi) is 9.83. The van der Waals surface area contributed by atoms with Crippen molar-refractivity contribution in [2.75, 3.05) is 51.0 Å². The molecule has 3 rings (SSSR count). The van der Waals surface area contributed by atoms with Crippen LogP contribution in [0.4, 0.5) is 11.8 Å². The average molecular weight is 485 g/mol. The van der Waals surface area contributed by atoms with Crippen LogP contribution in [0.15, 0.2) is 35.3 Å². The summed E-state index contributed by atoms with van der Waals surface area (Å²) < 4.78 is 7.23. The van der Waals surface area contributed by atoms with Gasteiger partial charge in [-0.15, -0.1) is 0 Å². The highest BCUT2D eigenvalue weighted by Gasteiger charge is 2.14. The van der Waals surface area contributed by atoms with Crippen LogP contribution in [-0.4, -0.2) is 69.6 Å². The smallest absolute Gasteiger partial charge is 0.264 e. The van der Waals surface area contributed by atoms with E-state index in [2.05, 4.69) is 22.2 Å². The van der Waals surface area contributed by atoms with Gasteiger partial charge in [-0.3, -0.25) is 9.69 Å². The molecule has 1 aromatic carbocycles. The summed E-state index contributed by atoms with van der Waals surface area (Å²) in [6.45, 7) is 4.70. The van der Waals surface area contributed by atoms with Crippen LogP contribution in [-0.2, 0) is 13.1 Å². The molecule has 0 fully saturated rings. The number of methoxy groups -OCH3 is 1. The summed E-state index contributed by atoms with van der Waals surface area (Å²) in [5.41, 5.74) is 8.01. The topological polar surface area (TPSA) is 139 Å². The number of anilines is 2. The number of rotatable bonds is 14. The van der Waals surface area contributed by atoms with Crippen molar-refractivity contribution in [3.63, 3.8) is 0 Å². The van der Waals surface area contributed by atoms with Gasteiger partial charge in [-0.05, 0) is 24.1 Å². The molecule has 0 radical (unpaired) electrons. The number of nitrogens with one attached hydrogen (secondary N) is 1. The highest BCUT2D eigenvalue weighted by molar-refractivity contribution is 5.89. The molecule has 0 aliphatic heterocycles. The minimum Gasteiger partial charge on any atom is -0.496 e. The van der Waals surface area contributed by atoms with Crippen LogP contribution in [0.25, 0.3) is 10.9 Å². The van der Waals surface area contributed by atoms with E-state index in [0.717, 1.165) is 30.4 Å². The molecule has 2 aromatic heterocycles. The maximum absolute atomic E-state index is 13.4. The third kappa shape index (κ3) is 6.91. The number of nitrogens with zero attached hydrogens (tertiary/aromatic N) is 4. The van der Waals surface area contributed by atoms with E-state index in [4.69, 9.17) is 10.5 Å². The molecule has 10 heteroatoms. The molecule has 10 nitrogen and oxygen atoms in total. The Morgan fingerprint density at radius 2 is 1.91 bits per heavy atom. The van der Waals surface area contributed by atoms with Crippen molar-refractivity contribution in [1.82, 2.24) is 19.4 Å². The van der Waals surface area contributed by atoms with Gasteiger partial charge < -0.3 is 30.6 Å². The van der Waals surface area contributed by atoms with Crippen LogP contribution in [0.5, 0.6) is 5.75 Å². The van der Waals surface area contributed by atoms with Crippen molar-refractivity contribution in [3.05, 3.63) is 51.9 Å². The molecule has 0 unspecified atom stereocenters. The Morgan fingerprint density at radius 3 is 2.60 bits per heavy atom. The highest BCUT2D eigenvalue weighted by Crippen LogP contribution is 2.23. The quantitative estimate of drug-likeness (QED) is 0.252. The predicted molar refractivity (Wildman–Crippen MR) is 138 cm³/mol. The summed E-state index contributed by atoms with van der Waals surface area (Å²) in [4.78, 5) is 23.9. The molecule has 0 atom stereocenters. The Bertz CT molecular complexity index is 1160. The van der Waals surface area contributed by atoms with Crippen LogP contribution in [0.1, 0.15) is 37.3 Å². The van der Waals surface area contributed by atoms with E-state index in [1.807, 2.05) is 23.1 Å². The van der Waals surface area contributed by atoms with E-state index >= 15 is 0 Å². The van der Waals surface area contributed by atoms with E-state index in [1.165, 1.54) is 0 Å². The number of fused-ring (bicyclic) bond motifs is 1. The lowest BCUT2D eigenvalue weighted by Crippen LogP contribution is -2.29. The fourth-order valence-corrected chi connectivity index (χ4v) is 4.05. The zero-order chi connectivity index (χ0) is 25.2. The van der Waals surface area contributed by atoms with Crippen molar-refractivity contribution < 1.29 is 14.9 Å². The lowest BCUT2D eigenvalue weighted by atomic mass is 10.1. The van der Waals surface area contributed by atoms with Crippen LogP contribution >= 0.6 is 0 Å². The second kappa shape index (κ2) is 13.0. The van der Waals surface area contributed by atoms with Crippen molar-refractivity contribution >= 4 is 22.7 Å². The average Bonchev–Trinajstić information content (AvgIpc) is 2.84. The Labute approximate surface area is 205 Å². The zero-order valence-electron chi connectivity index (χ0n) is 20.5. The second-order valence-electron chi connectivity index (χ2n) is 8.44. The molecular weight excluding hydrogens is 448 g/mol. The van der Waals surface area contributed by atoms with Crippen molar-refractivity contribution in [2.24, 2.45) is 0 Å². The molecular formula is C25H36N6O4. The van der Waals surface area contributed by atoms with Gasteiger partial charge in [0.2, 0.25) is 5.95 Å². The summed E-state index contributed by atoms with van der Waals surface area (Å²) in [5, 5.41) is 22.2. The number of aliphatic hydroxyl groups excluding tert-OH is 2. The number of nitrogen functional groups attached to an aromatic ring is 1. The van der Waals surface area contributed by atoms with Gasteiger partial charge in [0.05, 0.1) is 32.4 Å². The van der Waals surface area contributed by atoms with Crippen molar-refractivity contribution in [2.45, 2.75) is 39.3 Å². The molecule has 0 saturated heterocycles. The van der Waals surface area contributed by atoms with E-state index in [0.29, 0.717) is 55.2 Å². The monoisotopic (exact) mass is 484 g/mol. The SMILES string of the molecule is CCCCCNc1nc(N)nc2ccn(Cc3ccc(CN(CCO)CCO)cc3OC)c(=O)c12. The van der Waals surface area contributed by atoms with Crippen LogP contribution in [0.2, 0.25) is 0 Å². The standard InChI is InChI=1S/C25H36N6O4/c1-3-4-5-9-27-23-22-20(28-25(26)29-23)8-10-31(24(22)34)17-19-7-6-18(15-21(19)35-2)16-30(11-13-32)12-14-33/h6-8,10,15,32-33H,3-5,9,11-14,16-17H2,1-2H3,(H3,26,27,28,29). The first-order valence-corrected chi connectivity index (χ1v) is 12.0. The first-order chi connectivity index (χ1) is 17.0. The number of ether oxygens (including phenoxy) is 1. The van der Waals surface area contributed by atoms with Gasteiger partial charge in [-0.1, -0.05) is 31.9 Å². The van der Waals surface area contributed by atoms with Gasteiger partial charge in [0, 0.05) is 37.9 Å². The Morgan fingerprint density at radius 1 is 1.14 bits per heavy atom. The van der Waals surface area contributed by atoms with E-state index < -0.39 is 0 Å². The molecule has 0 saturated carbocycles. The van der Waals surface area contributed by atoms with Gasteiger partial charge in [-0.2, -0.15) is 4.98 Å². The summed E-state index contributed by atoms with van der Waals surface area (Å²) in [7, 11) is 1.60. The third-order valence-electron chi connectivity index (χ3n) is 5.84. The number of nitrogens with two attached hydrogens (primary N) is 1. The number of hydrogen-bond donors (Lipinski definition) is 4. The van der Waals surface area contributed by atoms with Gasteiger partial charge in [0.1, 0.15) is 17.0 Å². The molecule has 0 amide bonds. The van der Waals surface area contributed by atoms with Gasteiger partial charge in [-0.25, -0.2) is 4.98 Å². The van der Waals surface area contributed by atoms with Gasteiger partial charge in [0.25, 0.3) is 5.56 Å². The summed E-state index contributed by atoms with van der Waals surface area (Å²) in [5.74, 6) is 1.24. The lowest BCUT2D eigenvalue weighted by molar-refractivity contribution is 0.156. The summed E-state index contributed by atoms with van der Waals surface area (Å²) >= 11 is 0. The fraction of sp³-hybridized carbons (Fsp3) is 0.480. The maximum atomic E-state index is 13.4. The Balaban J connectivity index is 1.88. The minimum absolute atomic E-state index is 0.0188. The first kappa shape index (κ1) is 26.4. The van der Waals surface area contributed by atoms with E-state index in [-0.39, 0.29) is 24.7 Å². The molecule has 3 aromatic rings. The fourth-order valence-electron chi connectivity index (χ4n) is 4.05. The largest absolute Gasteiger partial charge is 0.496 e. The number of unbranched alkanes of at least 4 members (excludes halogenated alkanes) is 2. The molecule has 5 N–H and O–H groups in total. The third-order valence-corrected chi connectivity index (χ3v) is 5.84.